The number of halogens is 1. The maximum atomic E-state index is 14.1. The minimum absolute atomic E-state index is 0.186. The Morgan fingerprint density at radius 2 is 1.60 bits per heavy atom. The van der Waals surface area contributed by atoms with E-state index < -0.39 is 0 Å². The molecule has 0 bridgehead atoms. The van der Waals surface area contributed by atoms with Crippen LogP contribution in [-0.4, -0.2) is 52.8 Å². The molecule has 8 heteroatoms. The molecule has 0 aliphatic carbocycles. The van der Waals surface area contributed by atoms with E-state index in [0.29, 0.717) is 18.8 Å². The first-order valence-electron chi connectivity index (χ1n) is 9.81. The number of hydrogen-bond acceptors (Lipinski definition) is 6. The summed E-state index contributed by atoms with van der Waals surface area (Å²) in [6.07, 6.45) is 3.34. The Hall–Kier alpha value is -3.68. The van der Waals surface area contributed by atoms with E-state index in [1.165, 1.54) is 6.07 Å². The predicted molar refractivity (Wildman–Crippen MR) is 114 cm³/mol. The molecule has 0 atom stereocenters. The van der Waals surface area contributed by atoms with Crippen LogP contribution in [0.4, 0.5) is 15.9 Å². The Balaban J connectivity index is 1.40. The predicted octanol–water partition coefficient (Wildman–Crippen LogP) is 3.29. The molecule has 0 radical (unpaired) electrons. The van der Waals surface area contributed by atoms with Gasteiger partial charge in [0.15, 0.2) is 17.0 Å². The highest BCUT2D eigenvalue weighted by Crippen LogP contribution is 2.27. The Bertz CT molecular complexity index is 1170. The van der Waals surface area contributed by atoms with Gasteiger partial charge in [-0.3, -0.25) is 4.57 Å². The number of ether oxygens (including phenoxy) is 1. The molecule has 7 nitrogen and oxygen atoms in total. The first-order valence-corrected chi connectivity index (χ1v) is 9.81. The van der Waals surface area contributed by atoms with Gasteiger partial charge >= 0.3 is 0 Å². The number of nitrogens with zero attached hydrogens (tertiary/aromatic N) is 6. The molecule has 0 N–H and O–H groups in total. The molecule has 30 heavy (non-hydrogen) atoms. The number of para-hydroxylation sites is 1. The third-order valence-electron chi connectivity index (χ3n) is 5.44. The van der Waals surface area contributed by atoms with Gasteiger partial charge in [-0.2, -0.15) is 0 Å². The molecule has 152 valence electrons. The van der Waals surface area contributed by atoms with Gasteiger partial charge in [-0.05, 0) is 36.4 Å². The summed E-state index contributed by atoms with van der Waals surface area (Å²) in [7, 11) is 1.65. The van der Waals surface area contributed by atoms with Crippen LogP contribution in [0, 0.1) is 5.82 Å². The molecular weight excluding hydrogens is 383 g/mol. The number of hydrogen-bond donors (Lipinski definition) is 0. The minimum Gasteiger partial charge on any atom is -0.497 e. The Morgan fingerprint density at radius 1 is 0.867 bits per heavy atom. The molecule has 0 unspecified atom stereocenters. The largest absolute Gasteiger partial charge is 0.497 e. The van der Waals surface area contributed by atoms with Gasteiger partial charge in [-0.1, -0.05) is 12.1 Å². The van der Waals surface area contributed by atoms with Gasteiger partial charge in [-0.25, -0.2) is 19.3 Å². The van der Waals surface area contributed by atoms with Crippen molar-refractivity contribution >= 4 is 22.7 Å². The van der Waals surface area contributed by atoms with Gasteiger partial charge in [0.2, 0.25) is 0 Å². The summed E-state index contributed by atoms with van der Waals surface area (Å²) >= 11 is 0. The summed E-state index contributed by atoms with van der Waals surface area (Å²) in [5, 5.41) is 0. The Labute approximate surface area is 173 Å². The van der Waals surface area contributed by atoms with Crippen LogP contribution in [0.3, 0.4) is 0 Å². The van der Waals surface area contributed by atoms with Crippen molar-refractivity contribution < 1.29 is 9.13 Å². The number of benzene rings is 2. The Morgan fingerprint density at radius 3 is 2.33 bits per heavy atom. The lowest BCUT2D eigenvalue weighted by atomic mass is 10.2. The summed E-state index contributed by atoms with van der Waals surface area (Å²) in [6.45, 7) is 2.89. The van der Waals surface area contributed by atoms with Gasteiger partial charge < -0.3 is 14.5 Å². The minimum atomic E-state index is -0.186. The standard InChI is InChI=1S/C22H21FN6O/c1-30-17-8-6-16(7-9-17)29-15-26-20-21(24-14-25-22(20)29)28-12-10-27(11-13-28)19-5-3-2-4-18(19)23/h2-9,14-15H,10-13H2,1H3. The quantitative estimate of drug-likeness (QED) is 0.520. The zero-order valence-electron chi connectivity index (χ0n) is 16.6. The molecule has 1 fully saturated rings. The van der Waals surface area contributed by atoms with Crippen LogP contribution in [0.5, 0.6) is 5.75 Å². The van der Waals surface area contributed by atoms with Gasteiger partial charge in [0, 0.05) is 31.9 Å². The fourth-order valence-corrected chi connectivity index (χ4v) is 3.85. The number of fused-ring (bicyclic) bond motifs is 1. The molecule has 0 saturated carbocycles. The van der Waals surface area contributed by atoms with Crippen molar-refractivity contribution in [2.45, 2.75) is 0 Å². The second-order valence-corrected chi connectivity index (χ2v) is 7.11. The number of anilines is 2. The smallest absolute Gasteiger partial charge is 0.170 e. The summed E-state index contributed by atoms with van der Waals surface area (Å²) in [5.74, 6) is 1.42. The highest BCUT2D eigenvalue weighted by molar-refractivity contribution is 5.84. The first kappa shape index (κ1) is 18.4. The fraction of sp³-hybridized carbons (Fsp3) is 0.227. The third kappa shape index (κ3) is 3.20. The van der Waals surface area contributed by atoms with E-state index in [-0.39, 0.29) is 5.82 Å². The monoisotopic (exact) mass is 404 g/mol. The molecule has 3 heterocycles. The van der Waals surface area contributed by atoms with E-state index in [4.69, 9.17) is 4.74 Å². The molecule has 4 aromatic rings. The van der Waals surface area contributed by atoms with Crippen LogP contribution < -0.4 is 14.5 Å². The number of piperazine rings is 1. The van der Waals surface area contributed by atoms with Crippen LogP contribution in [0.25, 0.3) is 16.9 Å². The molecule has 2 aromatic heterocycles. The van der Waals surface area contributed by atoms with Crippen molar-refractivity contribution in [1.29, 1.82) is 0 Å². The van der Waals surface area contributed by atoms with Gasteiger partial charge in [0.05, 0.1) is 12.8 Å². The normalized spacial score (nSPS) is 14.3. The first-order chi connectivity index (χ1) is 14.7. The van der Waals surface area contributed by atoms with E-state index in [1.54, 1.807) is 25.8 Å². The average Bonchev–Trinajstić information content (AvgIpc) is 3.24. The third-order valence-corrected chi connectivity index (χ3v) is 5.44. The highest BCUT2D eigenvalue weighted by Gasteiger charge is 2.23. The van der Waals surface area contributed by atoms with Crippen molar-refractivity contribution in [3.8, 4) is 11.4 Å². The van der Waals surface area contributed by atoms with Crippen LogP contribution >= 0.6 is 0 Å². The molecule has 5 rings (SSSR count). The second-order valence-electron chi connectivity index (χ2n) is 7.11. The van der Waals surface area contributed by atoms with Crippen molar-refractivity contribution in [1.82, 2.24) is 19.5 Å². The summed E-state index contributed by atoms with van der Waals surface area (Å²) in [4.78, 5) is 17.8. The summed E-state index contributed by atoms with van der Waals surface area (Å²) in [5.41, 5.74) is 3.11. The van der Waals surface area contributed by atoms with Gasteiger partial charge in [-0.15, -0.1) is 0 Å². The maximum absolute atomic E-state index is 14.1. The van der Waals surface area contributed by atoms with E-state index in [9.17, 15) is 4.39 Å². The fourth-order valence-electron chi connectivity index (χ4n) is 3.85. The lowest BCUT2D eigenvalue weighted by Gasteiger charge is -2.36. The molecule has 0 amide bonds. The van der Waals surface area contributed by atoms with E-state index in [0.717, 1.165) is 41.5 Å². The lowest BCUT2D eigenvalue weighted by molar-refractivity contribution is 0.415. The average molecular weight is 404 g/mol. The topological polar surface area (TPSA) is 59.3 Å². The van der Waals surface area contributed by atoms with E-state index in [1.807, 2.05) is 41.0 Å². The molecule has 1 aliphatic heterocycles. The molecule has 1 aliphatic rings. The Kier molecular flexibility index (Phi) is 4.66. The van der Waals surface area contributed by atoms with Crippen molar-refractivity contribution in [2.75, 3.05) is 43.1 Å². The summed E-state index contributed by atoms with van der Waals surface area (Å²) in [6, 6.07) is 14.7. The number of imidazole rings is 1. The van der Waals surface area contributed by atoms with Crippen LogP contribution in [-0.2, 0) is 0 Å². The van der Waals surface area contributed by atoms with Crippen LogP contribution in [0.2, 0.25) is 0 Å². The summed E-state index contributed by atoms with van der Waals surface area (Å²) < 4.78 is 21.3. The second kappa shape index (κ2) is 7.62. The molecular formula is C22H21FN6O. The SMILES string of the molecule is COc1ccc(-n2cnc3c(N4CCN(c5ccccc5F)CC4)ncnc32)cc1. The van der Waals surface area contributed by atoms with Gasteiger partial charge in [0.25, 0.3) is 0 Å². The van der Waals surface area contributed by atoms with Crippen molar-refractivity contribution in [2.24, 2.45) is 0 Å². The number of methoxy groups -OCH3 is 1. The van der Waals surface area contributed by atoms with Gasteiger partial charge in [0.1, 0.15) is 24.2 Å². The zero-order chi connectivity index (χ0) is 20.5. The lowest BCUT2D eigenvalue weighted by Crippen LogP contribution is -2.47. The van der Waals surface area contributed by atoms with Crippen molar-refractivity contribution in [3.63, 3.8) is 0 Å². The molecule has 1 saturated heterocycles. The molecule has 0 spiro atoms. The molecule has 2 aromatic carbocycles. The maximum Gasteiger partial charge on any atom is 0.170 e. The van der Waals surface area contributed by atoms with Crippen molar-refractivity contribution in [3.05, 3.63) is 67.0 Å². The zero-order valence-corrected chi connectivity index (χ0v) is 16.6. The van der Waals surface area contributed by atoms with E-state index in [2.05, 4.69) is 24.8 Å². The number of aromatic nitrogens is 4. The highest BCUT2D eigenvalue weighted by atomic mass is 19.1. The number of rotatable bonds is 4. The van der Waals surface area contributed by atoms with E-state index >= 15 is 0 Å². The van der Waals surface area contributed by atoms with Crippen LogP contribution in [0.1, 0.15) is 0 Å². The van der Waals surface area contributed by atoms with Crippen LogP contribution in [0.15, 0.2) is 61.2 Å².